The summed E-state index contributed by atoms with van der Waals surface area (Å²) >= 11 is 1.55. The third-order valence-corrected chi connectivity index (χ3v) is 5.04. The monoisotopic (exact) mass is 330 g/mol. The molecule has 0 unspecified atom stereocenters. The van der Waals surface area contributed by atoms with Gasteiger partial charge in [0.15, 0.2) is 0 Å². The van der Waals surface area contributed by atoms with Gasteiger partial charge in [0.25, 0.3) is 0 Å². The molecule has 0 aliphatic carbocycles. The first kappa shape index (κ1) is 16.0. The Bertz CT molecular complexity index is 633. The van der Waals surface area contributed by atoms with Crippen molar-refractivity contribution < 1.29 is 9.53 Å². The van der Waals surface area contributed by atoms with E-state index in [-0.39, 0.29) is 5.91 Å². The minimum absolute atomic E-state index is 0.192. The Morgan fingerprint density at radius 2 is 2.04 bits per heavy atom. The molecular weight excluding hydrogens is 308 g/mol. The Morgan fingerprint density at radius 3 is 2.78 bits per heavy atom. The first-order valence-electron chi connectivity index (χ1n) is 8.09. The van der Waals surface area contributed by atoms with Gasteiger partial charge in [0, 0.05) is 18.5 Å². The molecule has 0 N–H and O–H groups in total. The Balaban J connectivity index is 1.50. The van der Waals surface area contributed by atoms with Gasteiger partial charge < -0.3 is 9.64 Å². The van der Waals surface area contributed by atoms with Crippen LogP contribution < -0.4 is 4.74 Å². The average molecular weight is 330 g/mol. The van der Waals surface area contributed by atoms with Crippen LogP contribution >= 0.6 is 11.3 Å². The van der Waals surface area contributed by atoms with E-state index in [1.54, 1.807) is 11.3 Å². The van der Waals surface area contributed by atoms with Gasteiger partial charge in [-0.1, -0.05) is 25.1 Å². The number of thiazole rings is 1. The predicted octanol–water partition coefficient (Wildman–Crippen LogP) is 3.52. The Kier molecular flexibility index (Phi) is 5.28. The average Bonchev–Trinajstić information content (AvgIpc) is 3.02. The summed E-state index contributed by atoms with van der Waals surface area (Å²) in [5.74, 6) is 1.76. The van der Waals surface area contributed by atoms with Crippen LogP contribution in [0.2, 0.25) is 0 Å². The summed E-state index contributed by atoms with van der Waals surface area (Å²) in [4.78, 5) is 18.8. The lowest BCUT2D eigenvalue weighted by molar-refractivity contribution is -0.131. The number of carbonyl (C=O) groups excluding carboxylic acids is 1. The van der Waals surface area contributed by atoms with Crippen molar-refractivity contribution in [1.82, 2.24) is 9.88 Å². The van der Waals surface area contributed by atoms with E-state index < -0.39 is 0 Å². The second kappa shape index (κ2) is 7.59. The third-order valence-electron chi connectivity index (χ3n) is 4.17. The number of benzene rings is 1. The van der Waals surface area contributed by atoms with E-state index in [4.69, 9.17) is 4.74 Å². The summed E-state index contributed by atoms with van der Waals surface area (Å²) in [6.07, 6.45) is 2.62. The molecule has 1 aromatic carbocycles. The van der Waals surface area contributed by atoms with E-state index in [0.717, 1.165) is 48.3 Å². The number of hydrogen-bond acceptors (Lipinski definition) is 4. The molecule has 2 aromatic rings. The number of ether oxygens (including phenoxy) is 1. The molecule has 0 saturated carbocycles. The zero-order chi connectivity index (χ0) is 16.1. The van der Waals surface area contributed by atoms with Crippen molar-refractivity contribution in [3.8, 4) is 5.75 Å². The standard InChI is InChI=1S/C18H22N2O2S/c1-14-7-9-20(10-8-14)18(21)11-15-13-23-17(19-15)12-22-16-5-3-2-4-6-16/h2-6,13-14H,7-12H2,1H3. The van der Waals surface area contributed by atoms with Gasteiger partial charge in [0.05, 0.1) is 12.1 Å². The maximum atomic E-state index is 12.3. The normalized spacial score (nSPS) is 15.6. The molecule has 1 aliphatic rings. The minimum atomic E-state index is 0.192. The lowest BCUT2D eigenvalue weighted by Gasteiger charge is -2.30. The topological polar surface area (TPSA) is 42.4 Å². The molecule has 122 valence electrons. The van der Waals surface area contributed by atoms with E-state index in [0.29, 0.717) is 13.0 Å². The fourth-order valence-corrected chi connectivity index (χ4v) is 3.39. The van der Waals surface area contributed by atoms with Crippen LogP contribution in [0.25, 0.3) is 0 Å². The number of piperidine rings is 1. The predicted molar refractivity (Wildman–Crippen MR) is 91.6 cm³/mol. The summed E-state index contributed by atoms with van der Waals surface area (Å²) in [7, 11) is 0. The van der Waals surface area contributed by atoms with Crippen LogP contribution in [0.4, 0.5) is 0 Å². The SMILES string of the molecule is CC1CCN(C(=O)Cc2csc(COc3ccccc3)n2)CC1. The van der Waals surface area contributed by atoms with Gasteiger partial charge in [0.1, 0.15) is 17.4 Å². The van der Waals surface area contributed by atoms with Gasteiger partial charge in [-0.25, -0.2) is 4.98 Å². The molecule has 23 heavy (non-hydrogen) atoms. The Labute approximate surface area is 141 Å². The van der Waals surface area contributed by atoms with E-state index in [9.17, 15) is 4.79 Å². The highest BCUT2D eigenvalue weighted by molar-refractivity contribution is 7.09. The number of amides is 1. The molecule has 1 aliphatic heterocycles. The molecule has 0 bridgehead atoms. The number of para-hydroxylation sites is 1. The van der Waals surface area contributed by atoms with E-state index in [2.05, 4.69) is 11.9 Å². The second-order valence-electron chi connectivity index (χ2n) is 6.07. The molecule has 4 nitrogen and oxygen atoms in total. The fraction of sp³-hybridized carbons (Fsp3) is 0.444. The first-order chi connectivity index (χ1) is 11.2. The van der Waals surface area contributed by atoms with Gasteiger partial charge in [-0.15, -0.1) is 11.3 Å². The molecular formula is C18H22N2O2S. The van der Waals surface area contributed by atoms with Crippen molar-refractivity contribution in [3.05, 3.63) is 46.4 Å². The number of rotatable bonds is 5. The van der Waals surface area contributed by atoms with Crippen molar-refractivity contribution in [1.29, 1.82) is 0 Å². The van der Waals surface area contributed by atoms with Crippen LogP contribution in [0.15, 0.2) is 35.7 Å². The summed E-state index contributed by atoms with van der Waals surface area (Å²) in [6.45, 7) is 4.47. The molecule has 2 heterocycles. The summed E-state index contributed by atoms with van der Waals surface area (Å²) in [6, 6.07) is 9.70. The molecule has 0 atom stereocenters. The second-order valence-corrected chi connectivity index (χ2v) is 7.02. The zero-order valence-corrected chi connectivity index (χ0v) is 14.2. The first-order valence-corrected chi connectivity index (χ1v) is 8.97. The van der Waals surface area contributed by atoms with Crippen LogP contribution in [-0.4, -0.2) is 28.9 Å². The van der Waals surface area contributed by atoms with E-state index >= 15 is 0 Å². The highest BCUT2D eigenvalue weighted by Crippen LogP contribution is 2.18. The van der Waals surface area contributed by atoms with E-state index in [1.165, 1.54) is 0 Å². The van der Waals surface area contributed by atoms with Crippen molar-refractivity contribution in [2.75, 3.05) is 13.1 Å². The Morgan fingerprint density at radius 1 is 1.30 bits per heavy atom. The molecule has 5 heteroatoms. The minimum Gasteiger partial charge on any atom is -0.486 e. The highest BCUT2D eigenvalue weighted by atomic mass is 32.1. The number of hydrogen-bond donors (Lipinski definition) is 0. The van der Waals surface area contributed by atoms with Gasteiger partial charge in [0.2, 0.25) is 5.91 Å². The molecule has 3 rings (SSSR count). The number of carbonyl (C=O) groups is 1. The van der Waals surface area contributed by atoms with Gasteiger partial charge in [-0.2, -0.15) is 0 Å². The lowest BCUT2D eigenvalue weighted by atomic mass is 9.99. The van der Waals surface area contributed by atoms with Crippen molar-refractivity contribution in [3.63, 3.8) is 0 Å². The van der Waals surface area contributed by atoms with Crippen LogP contribution in [0.5, 0.6) is 5.75 Å². The number of nitrogens with zero attached hydrogens (tertiary/aromatic N) is 2. The number of likely N-dealkylation sites (tertiary alicyclic amines) is 1. The zero-order valence-electron chi connectivity index (χ0n) is 13.4. The van der Waals surface area contributed by atoms with Crippen LogP contribution in [0.1, 0.15) is 30.5 Å². The van der Waals surface area contributed by atoms with Crippen LogP contribution in [0.3, 0.4) is 0 Å². The smallest absolute Gasteiger partial charge is 0.228 e. The number of aromatic nitrogens is 1. The van der Waals surface area contributed by atoms with Gasteiger partial charge in [-0.05, 0) is 30.9 Å². The fourth-order valence-electron chi connectivity index (χ4n) is 2.68. The lowest BCUT2D eigenvalue weighted by Crippen LogP contribution is -2.38. The summed E-state index contributed by atoms with van der Waals surface area (Å²) < 4.78 is 5.69. The molecule has 1 fully saturated rings. The van der Waals surface area contributed by atoms with Crippen molar-refractivity contribution in [2.24, 2.45) is 5.92 Å². The molecule has 0 radical (unpaired) electrons. The molecule has 1 aromatic heterocycles. The van der Waals surface area contributed by atoms with Gasteiger partial charge in [-0.3, -0.25) is 4.79 Å². The Hall–Kier alpha value is -1.88. The maximum Gasteiger partial charge on any atom is 0.228 e. The van der Waals surface area contributed by atoms with Crippen LogP contribution in [0, 0.1) is 5.92 Å². The van der Waals surface area contributed by atoms with Gasteiger partial charge >= 0.3 is 0 Å². The molecule has 1 saturated heterocycles. The highest BCUT2D eigenvalue weighted by Gasteiger charge is 2.21. The van der Waals surface area contributed by atoms with E-state index in [1.807, 2.05) is 40.6 Å². The quantitative estimate of drug-likeness (QED) is 0.842. The maximum absolute atomic E-state index is 12.3. The largest absolute Gasteiger partial charge is 0.486 e. The molecule has 0 spiro atoms. The molecule has 1 amide bonds. The summed E-state index contributed by atoms with van der Waals surface area (Å²) in [5.41, 5.74) is 0.852. The van der Waals surface area contributed by atoms with Crippen molar-refractivity contribution in [2.45, 2.75) is 32.8 Å². The van der Waals surface area contributed by atoms with Crippen LogP contribution in [-0.2, 0) is 17.8 Å². The third kappa shape index (κ3) is 4.55. The summed E-state index contributed by atoms with van der Waals surface area (Å²) in [5, 5.41) is 2.87. The van der Waals surface area contributed by atoms with Crippen molar-refractivity contribution >= 4 is 17.2 Å².